The van der Waals surface area contributed by atoms with E-state index >= 15 is 0 Å². The van der Waals surface area contributed by atoms with E-state index in [0.717, 1.165) is 0 Å². The summed E-state index contributed by atoms with van der Waals surface area (Å²) in [6.45, 7) is 0.197. The summed E-state index contributed by atoms with van der Waals surface area (Å²) in [6.07, 6.45) is 0. The number of nitrogens with zero attached hydrogens (tertiary/aromatic N) is 3. The lowest BCUT2D eigenvalue weighted by atomic mass is 10.1. The van der Waals surface area contributed by atoms with Gasteiger partial charge in [-0.05, 0) is 30.3 Å². The zero-order chi connectivity index (χ0) is 21.1. The molecule has 1 atom stereocenters. The number of nitro groups is 1. The average Bonchev–Trinajstić information content (AvgIpc) is 3.11. The van der Waals surface area contributed by atoms with Crippen molar-refractivity contribution in [3.05, 3.63) is 106 Å². The molecule has 0 N–H and O–H groups in total. The van der Waals surface area contributed by atoms with Gasteiger partial charge in [0, 0.05) is 35.0 Å². The van der Waals surface area contributed by atoms with Crippen molar-refractivity contribution < 1.29 is 13.9 Å². The Labute approximate surface area is 174 Å². The van der Waals surface area contributed by atoms with E-state index < -0.39 is 30.4 Å². The fourth-order valence-electron chi connectivity index (χ4n) is 4.00. The van der Waals surface area contributed by atoms with Crippen LogP contribution in [-0.4, -0.2) is 24.6 Å². The minimum Gasteiger partial charge on any atom is -0.304 e. The third-order valence-electron chi connectivity index (χ3n) is 5.32. The van der Waals surface area contributed by atoms with Crippen LogP contribution in [0.4, 0.5) is 15.8 Å². The van der Waals surface area contributed by atoms with Crippen LogP contribution in [0.25, 0.3) is 0 Å². The van der Waals surface area contributed by atoms with E-state index in [9.17, 15) is 19.1 Å². The highest BCUT2D eigenvalue weighted by atomic mass is 31.2. The van der Waals surface area contributed by atoms with Crippen LogP contribution in [0.3, 0.4) is 0 Å². The van der Waals surface area contributed by atoms with E-state index in [4.69, 9.17) is 0 Å². The predicted molar refractivity (Wildman–Crippen MR) is 116 cm³/mol. The van der Waals surface area contributed by atoms with Crippen LogP contribution in [-0.2, 0) is 4.57 Å². The van der Waals surface area contributed by atoms with Crippen molar-refractivity contribution in [1.82, 2.24) is 0 Å². The van der Waals surface area contributed by atoms with Crippen molar-refractivity contribution in [1.29, 1.82) is 0 Å². The van der Waals surface area contributed by atoms with Crippen LogP contribution >= 0.6 is 7.44 Å². The van der Waals surface area contributed by atoms with Gasteiger partial charge in [0.05, 0.1) is 0 Å². The van der Waals surface area contributed by atoms with Gasteiger partial charge in [-0.1, -0.05) is 54.6 Å². The summed E-state index contributed by atoms with van der Waals surface area (Å²) in [5.74, 6) is -0.590. The van der Waals surface area contributed by atoms with Crippen molar-refractivity contribution in [2.45, 2.75) is 5.66 Å². The Morgan fingerprint density at radius 3 is 1.80 bits per heavy atom. The molecule has 1 unspecified atom stereocenters. The Balaban J connectivity index is 1.92. The Bertz CT molecular complexity index is 1030. The molecular weight excluding hydrogens is 404 g/mol. The van der Waals surface area contributed by atoms with Crippen molar-refractivity contribution in [2.24, 2.45) is 0 Å². The average molecular weight is 425 g/mol. The van der Waals surface area contributed by atoms with Gasteiger partial charge in [0.25, 0.3) is 7.44 Å². The number of para-hydroxylation sites is 2. The van der Waals surface area contributed by atoms with Gasteiger partial charge in [-0.3, -0.25) is 14.7 Å². The first-order valence-electron chi connectivity index (χ1n) is 9.64. The summed E-state index contributed by atoms with van der Waals surface area (Å²) < 4.78 is 33.1. The molecule has 4 rings (SSSR count). The lowest BCUT2D eigenvalue weighted by molar-refractivity contribution is -0.480. The molecule has 6 nitrogen and oxygen atoms in total. The summed E-state index contributed by atoms with van der Waals surface area (Å²) in [4.78, 5) is 11.1. The summed E-state index contributed by atoms with van der Waals surface area (Å²) in [7, 11) is -3.66. The summed E-state index contributed by atoms with van der Waals surface area (Å²) in [6, 6.07) is 24.2. The Morgan fingerprint density at radius 1 is 0.867 bits per heavy atom. The van der Waals surface area contributed by atoms with E-state index in [2.05, 4.69) is 0 Å². The first kappa shape index (κ1) is 20.1. The maximum atomic E-state index is 14.8. The molecule has 0 radical (unpaired) electrons. The summed E-state index contributed by atoms with van der Waals surface area (Å²) in [5.41, 5.74) is 0.366. The standard InChI is InChI=1S/C22H21FN3O3P/c23-21-14-8-7-13-20(21)22(17-26(27)28)30(29)24(18-9-3-1-4-10-18)15-16-25(30)19-11-5-2-6-12-19/h1-14,22H,15-17H2. The van der Waals surface area contributed by atoms with Gasteiger partial charge in [0.1, 0.15) is 11.5 Å². The van der Waals surface area contributed by atoms with Crippen LogP contribution in [0, 0.1) is 15.9 Å². The van der Waals surface area contributed by atoms with E-state index in [-0.39, 0.29) is 5.56 Å². The van der Waals surface area contributed by atoms with Gasteiger partial charge >= 0.3 is 0 Å². The zero-order valence-electron chi connectivity index (χ0n) is 16.2. The predicted octanol–water partition coefficient (Wildman–Crippen LogP) is 5.36. The van der Waals surface area contributed by atoms with Crippen LogP contribution in [0.5, 0.6) is 0 Å². The molecule has 3 aromatic carbocycles. The van der Waals surface area contributed by atoms with Gasteiger partial charge in [-0.2, -0.15) is 0 Å². The molecule has 0 bridgehead atoms. The lowest BCUT2D eigenvalue weighted by Crippen LogP contribution is -2.28. The third-order valence-corrected chi connectivity index (χ3v) is 8.82. The van der Waals surface area contributed by atoms with E-state index in [1.165, 1.54) is 18.2 Å². The molecule has 3 aromatic rings. The third kappa shape index (κ3) is 3.57. The van der Waals surface area contributed by atoms with Gasteiger partial charge in [0.2, 0.25) is 6.54 Å². The van der Waals surface area contributed by atoms with Crippen molar-refractivity contribution in [3.8, 4) is 0 Å². The molecule has 0 aliphatic carbocycles. The number of benzene rings is 3. The highest BCUT2D eigenvalue weighted by Crippen LogP contribution is 2.69. The van der Waals surface area contributed by atoms with Crippen LogP contribution in [0.2, 0.25) is 0 Å². The van der Waals surface area contributed by atoms with Crippen LogP contribution in [0.15, 0.2) is 84.9 Å². The number of rotatable bonds is 6. The normalized spacial score (nSPS) is 16.4. The van der Waals surface area contributed by atoms with Gasteiger partial charge in [-0.15, -0.1) is 0 Å². The fourth-order valence-corrected chi connectivity index (χ4v) is 7.54. The highest BCUT2D eigenvalue weighted by molar-refractivity contribution is 7.68. The maximum Gasteiger partial charge on any atom is 0.277 e. The first-order chi connectivity index (χ1) is 14.5. The zero-order valence-corrected chi connectivity index (χ0v) is 17.1. The second-order valence-electron chi connectivity index (χ2n) is 7.06. The molecule has 0 amide bonds. The van der Waals surface area contributed by atoms with Crippen molar-refractivity contribution in [2.75, 3.05) is 29.0 Å². The maximum absolute atomic E-state index is 14.8. The topological polar surface area (TPSA) is 66.7 Å². The van der Waals surface area contributed by atoms with Crippen LogP contribution < -0.4 is 9.34 Å². The molecule has 0 saturated carbocycles. The molecule has 154 valence electrons. The molecule has 1 saturated heterocycles. The molecule has 1 fully saturated rings. The number of hydrogen-bond acceptors (Lipinski definition) is 3. The lowest BCUT2D eigenvalue weighted by Gasteiger charge is -2.36. The Kier molecular flexibility index (Phi) is 5.55. The van der Waals surface area contributed by atoms with E-state index in [0.29, 0.717) is 24.5 Å². The Morgan fingerprint density at radius 2 is 1.33 bits per heavy atom. The molecule has 30 heavy (non-hydrogen) atoms. The van der Waals surface area contributed by atoms with E-state index in [1.54, 1.807) is 15.4 Å². The molecule has 1 aliphatic heterocycles. The van der Waals surface area contributed by atoms with Gasteiger partial charge in [-0.25, -0.2) is 4.39 Å². The summed E-state index contributed by atoms with van der Waals surface area (Å²) in [5, 5.41) is 11.6. The quantitative estimate of drug-likeness (QED) is 0.302. The van der Waals surface area contributed by atoms with Crippen LogP contribution in [0.1, 0.15) is 11.2 Å². The minimum atomic E-state index is -3.66. The molecule has 1 aliphatic rings. The summed E-state index contributed by atoms with van der Waals surface area (Å²) >= 11 is 0. The Hall–Kier alpha value is -3.18. The van der Waals surface area contributed by atoms with Gasteiger partial charge < -0.3 is 9.34 Å². The molecule has 0 spiro atoms. The van der Waals surface area contributed by atoms with Gasteiger partial charge in [0.15, 0.2) is 0 Å². The van der Waals surface area contributed by atoms with Crippen molar-refractivity contribution >= 4 is 18.8 Å². The monoisotopic (exact) mass is 425 g/mol. The second kappa shape index (κ2) is 8.28. The molecule has 1 heterocycles. The van der Waals surface area contributed by atoms with E-state index in [1.807, 2.05) is 60.7 Å². The number of hydrogen-bond donors (Lipinski definition) is 0. The number of halogens is 1. The largest absolute Gasteiger partial charge is 0.304 e. The molecule has 0 aromatic heterocycles. The minimum absolute atomic E-state index is 0.0984. The smallest absolute Gasteiger partial charge is 0.277 e. The molecule has 8 heteroatoms. The van der Waals surface area contributed by atoms with Crippen molar-refractivity contribution in [3.63, 3.8) is 0 Å². The second-order valence-corrected chi connectivity index (χ2v) is 9.83. The fraction of sp³-hybridized carbons (Fsp3) is 0.182. The highest BCUT2D eigenvalue weighted by Gasteiger charge is 2.52. The first-order valence-corrected chi connectivity index (χ1v) is 11.3. The SMILES string of the molecule is O=[N+]([O-])CC(c1ccccc1F)P1(=O)N(c2ccccc2)CCN1c1ccccc1. The molecular formula is C22H21FN3O3P. The number of anilines is 2.